The number of piperazine rings is 1. The van der Waals surface area contributed by atoms with E-state index in [-0.39, 0.29) is 24.4 Å². The van der Waals surface area contributed by atoms with Gasteiger partial charge in [0.2, 0.25) is 11.8 Å². The number of nitrogens with zero attached hydrogens (tertiary/aromatic N) is 2. The summed E-state index contributed by atoms with van der Waals surface area (Å²) in [6.07, 6.45) is 1.21. The Kier molecular flexibility index (Phi) is 6.18. The number of benzene rings is 3. The molecule has 3 aromatic carbocycles. The van der Waals surface area contributed by atoms with Gasteiger partial charge in [0, 0.05) is 29.6 Å². The van der Waals surface area contributed by atoms with Gasteiger partial charge in [-0.25, -0.2) is 0 Å². The van der Waals surface area contributed by atoms with Crippen LogP contribution in [0.2, 0.25) is 0 Å². The zero-order chi connectivity index (χ0) is 26.4. The van der Waals surface area contributed by atoms with Gasteiger partial charge >= 0.3 is 0 Å². The van der Waals surface area contributed by atoms with Crippen molar-refractivity contribution in [2.75, 3.05) is 20.2 Å². The number of methoxy groups -OCH3 is 1. The van der Waals surface area contributed by atoms with Crippen LogP contribution in [0, 0.1) is 0 Å². The standard InChI is InChI=1S/C32H33N3O3/c1-20(2)22-10-12-23(13-11-22)31-30-26(25-6-4-5-7-27(25)33-30)18-28-32(37)34(19-29(36)35(28)31)17-16-21-8-14-24(38-3)15-9-21/h4-15,20,28,31,33H,16-19H2,1-3H3/t28-,31?/m0/s1. The molecule has 0 saturated carbocycles. The molecule has 38 heavy (non-hydrogen) atoms. The molecule has 0 radical (unpaired) electrons. The fourth-order valence-corrected chi connectivity index (χ4v) is 5.98. The molecule has 6 heteroatoms. The molecule has 2 aliphatic rings. The third-order valence-corrected chi connectivity index (χ3v) is 8.09. The van der Waals surface area contributed by atoms with Crippen LogP contribution < -0.4 is 4.74 Å². The van der Waals surface area contributed by atoms with Gasteiger partial charge in [0.15, 0.2) is 0 Å². The molecular weight excluding hydrogens is 474 g/mol. The molecule has 194 valence electrons. The predicted octanol–water partition coefficient (Wildman–Crippen LogP) is 5.23. The van der Waals surface area contributed by atoms with Gasteiger partial charge in [-0.2, -0.15) is 0 Å². The summed E-state index contributed by atoms with van der Waals surface area (Å²) in [7, 11) is 1.65. The van der Waals surface area contributed by atoms with Crippen molar-refractivity contribution in [3.05, 3.63) is 101 Å². The number of ether oxygens (including phenoxy) is 1. The average molecular weight is 508 g/mol. The molecule has 0 bridgehead atoms. The predicted molar refractivity (Wildman–Crippen MR) is 148 cm³/mol. The zero-order valence-electron chi connectivity index (χ0n) is 22.1. The quantitative estimate of drug-likeness (QED) is 0.389. The van der Waals surface area contributed by atoms with Gasteiger partial charge in [0.05, 0.1) is 19.7 Å². The molecule has 6 rings (SSSR count). The Bertz CT molecular complexity index is 1490. The van der Waals surface area contributed by atoms with Crippen LogP contribution >= 0.6 is 0 Å². The first-order valence-corrected chi connectivity index (χ1v) is 13.4. The van der Waals surface area contributed by atoms with Crippen LogP contribution in [-0.4, -0.2) is 52.8 Å². The van der Waals surface area contributed by atoms with Crippen LogP contribution in [0.4, 0.5) is 0 Å². The second-order valence-corrected chi connectivity index (χ2v) is 10.7. The molecule has 2 atom stereocenters. The van der Waals surface area contributed by atoms with Gasteiger partial charge in [0.1, 0.15) is 11.8 Å². The summed E-state index contributed by atoms with van der Waals surface area (Å²) in [5.41, 5.74) is 6.59. The summed E-state index contributed by atoms with van der Waals surface area (Å²) in [5, 5.41) is 1.13. The lowest BCUT2D eigenvalue weighted by Crippen LogP contribution is -2.63. The zero-order valence-corrected chi connectivity index (χ0v) is 22.1. The molecule has 3 heterocycles. The molecule has 1 unspecified atom stereocenters. The summed E-state index contributed by atoms with van der Waals surface area (Å²) >= 11 is 0. The largest absolute Gasteiger partial charge is 0.497 e. The number of aromatic amines is 1. The maximum absolute atomic E-state index is 13.9. The third kappa shape index (κ3) is 4.14. The fraction of sp³-hybridized carbons (Fsp3) is 0.312. The Morgan fingerprint density at radius 3 is 2.42 bits per heavy atom. The highest BCUT2D eigenvalue weighted by Crippen LogP contribution is 2.42. The van der Waals surface area contributed by atoms with Crippen molar-refractivity contribution >= 4 is 22.7 Å². The van der Waals surface area contributed by atoms with Crippen LogP contribution in [0.15, 0.2) is 72.8 Å². The van der Waals surface area contributed by atoms with E-state index in [1.807, 2.05) is 41.3 Å². The summed E-state index contributed by atoms with van der Waals surface area (Å²) in [4.78, 5) is 34.9. The smallest absolute Gasteiger partial charge is 0.246 e. The van der Waals surface area contributed by atoms with Gasteiger partial charge in [-0.05, 0) is 52.8 Å². The summed E-state index contributed by atoms with van der Waals surface area (Å²) in [6, 6.07) is 23.8. The van der Waals surface area contributed by atoms with E-state index in [9.17, 15) is 9.59 Å². The van der Waals surface area contributed by atoms with Crippen LogP contribution in [0.5, 0.6) is 5.75 Å². The lowest BCUT2D eigenvalue weighted by atomic mass is 9.85. The SMILES string of the molecule is COc1ccc(CCN2CC(=O)N3C(c4ccc(C(C)C)cc4)c4[nH]c5ccccc5c4C[C@H]3C2=O)cc1. The lowest BCUT2D eigenvalue weighted by Gasteiger charge is -2.47. The average Bonchev–Trinajstić information content (AvgIpc) is 3.32. The van der Waals surface area contributed by atoms with Crippen LogP contribution in [0.1, 0.15) is 53.8 Å². The molecule has 2 amide bonds. The lowest BCUT2D eigenvalue weighted by molar-refractivity contribution is -0.158. The molecule has 1 N–H and O–H groups in total. The van der Waals surface area contributed by atoms with Crippen LogP contribution in [0.3, 0.4) is 0 Å². The number of H-pyrrole nitrogens is 1. The Balaban J connectivity index is 1.35. The Morgan fingerprint density at radius 2 is 1.71 bits per heavy atom. The van der Waals surface area contributed by atoms with Gasteiger partial charge in [-0.15, -0.1) is 0 Å². The highest BCUT2D eigenvalue weighted by molar-refractivity contribution is 5.97. The minimum atomic E-state index is -0.520. The molecule has 1 aromatic heterocycles. The Morgan fingerprint density at radius 1 is 0.974 bits per heavy atom. The van der Waals surface area contributed by atoms with E-state index in [0.29, 0.717) is 25.3 Å². The first-order chi connectivity index (χ1) is 18.4. The number of nitrogens with one attached hydrogen (secondary N) is 1. The molecule has 1 fully saturated rings. The fourth-order valence-electron chi connectivity index (χ4n) is 5.98. The second-order valence-electron chi connectivity index (χ2n) is 10.7. The normalized spacial score (nSPS) is 19.2. The van der Waals surface area contributed by atoms with E-state index >= 15 is 0 Å². The van der Waals surface area contributed by atoms with Crippen molar-refractivity contribution in [2.45, 2.75) is 44.7 Å². The second kappa shape index (κ2) is 9.67. The number of amides is 2. The summed E-state index contributed by atoms with van der Waals surface area (Å²) in [6.45, 7) is 4.96. The van der Waals surface area contributed by atoms with E-state index in [1.54, 1.807) is 12.0 Å². The highest BCUT2D eigenvalue weighted by Gasteiger charge is 2.48. The topological polar surface area (TPSA) is 65.6 Å². The van der Waals surface area contributed by atoms with Gasteiger partial charge < -0.3 is 19.5 Å². The van der Waals surface area contributed by atoms with E-state index in [2.05, 4.69) is 55.2 Å². The summed E-state index contributed by atoms with van der Waals surface area (Å²) in [5.74, 6) is 1.24. The third-order valence-electron chi connectivity index (χ3n) is 8.09. The van der Waals surface area contributed by atoms with Gasteiger partial charge in [-0.1, -0.05) is 68.4 Å². The van der Waals surface area contributed by atoms with Crippen molar-refractivity contribution in [1.29, 1.82) is 0 Å². The number of hydrogen-bond donors (Lipinski definition) is 1. The monoisotopic (exact) mass is 507 g/mol. The molecule has 0 aliphatic carbocycles. The van der Waals surface area contributed by atoms with E-state index in [1.165, 1.54) is 5.56 Å². The van der Waals surface area contributed by atoms with E-state index < -0.39 is 6.04 Å². The summed E-state index contributed by atoms with van der Waals surface area (Å²) < 4.78 is 5.25. The minimum absolute atomic E-state index is 0.00780. The first-order valence-electron chi connectivity index (χ1n) is 13.4. The minimum Gasteiger partial charge on any atom is -0.497 e. The number of para-hydroxylation sites is 1. The van der Waals surface area contributed by atoms with Gasteiger partial charge in [0.25, 0.3) is 0 Å². The number of rotatable bonds is 6. The van der Waals surface area contributed by atoms with E-state index in [4.69, 9.17) is 4.74 Å². The van der Waals surface area contributed by atoms with Gasteiger partial charge in [-0.3, -0.25) is 9.59 Å². The molecular formula is C32H33N3O3. The number of fused-ring (bicyclic) bond motifs is 4. The van der Waals surface area contributed by atoms with Crippen LogP contribution in [-0.2, 0) is 22.4 Å². The number of carbonyl (C=O) groups is 2. The molecule has 4 aromatic rings. The molecule has 1 saturated heterocycles. The van der Waals surface area contributed by atoms with Crippen molar-refractivity contribution < 1.29 is 14.3 Å². The van der Waals surface area contributed by atoms with Crippen molar-refractivity contribution in [3.8, 4) is 5.75 Å². The number of hydrogen-bond acceptors (Lipinski definition) is 3. The molecule has 2 aliphatic heterocycles. The number of carbonyl (C=O) groups excluding carboxylic acids is 2. The highest BCUT2D eigenvalue weighted by atomic mass is 16.5. The first kappa shape index (κ1) is 24.3. The Hall–Kier alpha value is -4.06. The molecule has 6 nitrogen and oxygen atoms in total. The Labute approximate surface area is 223 Å². The van der Waals surface area contributed by atoms with Crippen molar-refractivity contribution in [1.82, 2.24) is 14.8 Å². The maximum atomic E-state index is 13.9. The maximum Gasteiger partial charge on any atom is 0.246 e. The van der Waals surface area contributed by atoms with Crippen molar-refractivity contribution in [2.24, 2.45) is 0 Å². The van der Waals surface area contributed by atoms with Crippen LogP contribution in [0.25, 0.3) is 10.9 Å². The number of aromatic nitrogens is 1. The van der Waals surface area contributed by atoms with E-state index in [0.717, 1.165) is 39.0 Å². The van der Waals surface area contributed by atoms with Crippen molar-refractivity contribution in [3.63, 3.8) is 0 Å². The molecule has 0 spiro atoms.